The van der Waals surface area contributed by atoms with Gasteiger partial charge in [0, 0.05) is 22.2 Å². The number of ether oxygens (including phenoxy) is 1. The zero-order valence-corrected chi connectivity index (χ0v) is 16.7. The molecule has 0 fully saturated rings. The summed E-state index contributed by atoms with van der Waals surface area (Å²) in [5.41, 5.74) is 2.86. The van der Waals surface area contributed by atoms with E-state index in [4.69, 9.17) is 20.8 Å². The van der Waals surface area contributed by atoms with E-state index >= 15 is 0 Å². The maximum absolute atomic E-state index is 11.9. The number of nitrogens with zero attached hydrogens (tertiary/aromatic N) is 2. The van der Waals surface area contributed by atoms with Gasteiger partial charge in [0.1, 0.15) is 11.3 Å². The van der Waals surface area contributed by atoms with Crippen LogP contribution in [0.5, 0.6) is 5.75 Å². The molecule has 142 valence electrons. The van der Waals surface area contributed by atoms with E-state index in [9.17, 15) is 4.79 Å². The van der Waals surface area contributed by atoms with Crippen LogP contribution in [0.15, 0.2) is 56.8 Å². The van der Waals surface area contributed by atoms with E-state index in [0.717, 1.165) is 22.1 Å². The Balaban J connectivity index is 1.60. The highest BCUT2D eigenvalue weighted by Crippen LogP contribution is 2.32. The molecule has 2 aromatic carbocycles. The standard InChI is InChI=1S/C20H16ClN3O3S/c1-11-3-5-14-12(8-18(25)27-17(14)7-11)10-28-20-22-19(23-24-20)15-9-13(21)4-6-16(15)26-2/h3-9H,10H2,1-2H3,(H,22,23,24). The van der Waals surface area contributed by atoms with Crippen molar-refractivity contribution in [2.24, 2.45) is 0 Å². The molecule has 0 bridgehead atoms. The van der Waals surface area contributed by atoms with Gasteiger partial charge in [0.25, 0.3) is 0 Å². The number of thioether (sulfide) groups is 1. The lowest BCUT2D eigenvalue weighted by molar-refractivity contribution is 0.416. The van der Waals surface area contributed by atoms with Gasteiger partial charge in [0.15, 0.2) is 5.82 Å². The largest absolute Gasteiger partial charge is 0.496 e. The summed E-state index contributed by atoms with van der Waals surface area (Å²) in [6.07, 6.45) is 0. The normalized spacial score (nSPS) is 11.1. The Morgan fingerprint density at radius 2 is 2.07 bits per heavy atom. The third-order valence-corrected chi connectivity index (χ3v) is 5.36. The Morgan fingerprint density at radius 3 is 2.89 bits per heavy atom. The molecule has 0 aliphatic rings. The van der Waals surface area contributed by atoms with Crippen LogP contribution in [-0.2, 0) is 5.75 Å². The summed E-state index contributed by atoms with van der Waals surface area (Å²) in [6, 6.07) is 12.6. The fourth-order valence-corrected chi connectivity index (χ4v) is 3.86. The molecule has 4 aromatic rings. The van der Waals surface area contributed by atoms with Crippen LogP contribution in [-0.4, -0.2) is 22.3 Å². The van der Waals surface area contributed by atoms with Crippen molar-refractivity contribution >= 4 is 34.3 Å². The molecule has 1 N–H and O–H groups in total. The second-order valence-electron chi connectivity index (χ2n) is 6.19. The van der Waals surface area contributed by atoms with Gasteiger partial charge in [-0.15, -0.1) is 5.10 Å². The third-order valence-electron chi connectivity index (χ3n) is 4.22. The third kappa shape index (κ3) is 3.76. The summed E-state index contributed by atoms with van der Waals surface area (Å²) in [7, 11) is 1.59. The van der Waals surface area contributed by atoms with Crippen molar-refractivity contribution in [3.63, 3.8) is 0 Å². The number of rotatable bonds is 5. The van der Waals surface area contributed by atoms with Crippen molar-refractivity contribution in [2.75, 3.05) is 7.11 Å². The van der Waals surface area contributed by atoms with Gasteiger partial charge >= 0.3 is 5.63 Å². The quantitative estimate of drug-likeness (QED) is 0.372. The summed E-state index contributed by atoms with van der Waals surface area (Å²) in [5, 5.41) is 9.22. The van der Waals surface area contributed by atoms with E-state index in [1.807, 2.05) is 25.1 Å². The zero-order chi connectivity index (χ0) is 19.7. The van der Waals surface area contributed by atoms with E-state index in [1.165, 1.54) is 17.8 Å². The molecule has 0 saturated carbocycles. The minimum atomic E-state index is -0.368. The smallest absolute Gasteiger partial charge is 0.336 e. The van der Waals surface area contributed by atoms with Gasteiger partial charge in [-0.3, -0.25) is 5.10 Å². The Hall–Kier alpha value is -2.77. The van der Waals surface area contributed by atoms with Crippen LogP contribution in [0.2, 0.25) is 5.02 Å². The molecule has 0 aliphatic carbocycles. The van der Waals surface area contributed by atoms with Crippen molar-refractivity contribution in [3.05, 3.63) is 69.0 Å². The van der Waals surface area contributed by atoms with Gasteiger partial charge in [-0.1, -0.05) is 35.5 Å². The fourth-order valence-electron chi connectivity index (χ4n) is 2.90. The summed E-state index contributed by atoms with van der Waals surface area (Å²) in [4.78, 5) is 16.4. The molecule has 28 heavy (non-hydrogen) atoms. The molecule has 0 radical (unpaired) electrons. The number of aromatic nitrogens is 3. The highest BCUT2D eigenvalue weighted by Gasteiger charge is 2.13. The first kappa shape index (κ1) is 18.6. The Morgan fingerprint density at radius 1 is 1.21 bits per heavy atom. The average Bonchev–Trinajstić information content (AvgIpc) is 3.14. The fraction of sp³-hybridized carbons (Fsp3) is 0.150. The molecule has 6 nitrogen and oxygen atoms in total. The van der Waals surface area contributed by atoms with E-state index < -0.39 is 0 Å². The predicted octanol–water partition coefficient (Wildman–Crippen LogP) is 4.84. The molecule has 0 saturated heterocycles. The number of hydrogen-bond donors (Lipinski definition) is 1. The first-order chi connectivity index (χ1) is 13.5. The van der Waals surface area contributed by atoms with Crippen molar-refractivity contribution in [1.82, 2.24) is 15.2 Å². The number of H-pyrrole nitrogens is 1. The maximum atomic E-state index is 11.9. The first-order valence-corrected chi connectivity index (χ1v) is 9.82. The number of fused-ring (bicyclic) bond motifs is 1. The van der Waals surface area contributed by atoms with Gasteiger partial charge in [0.05, 0.1) is 12.7 Å². The number of aromatic amines is 1. The van der Waals surface area contributed by atoms with Crippen LogP contribution < -0.4 is 10.4 Å². The molecule has 0 spiro atoms. The van der Waals surface area contributed by atoms with Gasteiger partial charge < -0.3 is 9.15 Å². The van der Waals surface area contributed by atoms with Crippen molar-refractivity contribution in [3.8, 4) is 17.1 Å². The number of nitrogens with one attached hydrogen (secondary N) is 1. The monoisotopic (exact) mass is 413 g/mol. The number of hydrogen-bond acceptors (Lipinski definition) is 6. The highest BCUT2D eigenvalue weighted by molar-refractivity contribution is 7.98. The van der Waals surface area contributed by atoms with Crippen LogP contribution in [0, 0.1) is 6.92 Å². The lowest BCUT2D eigenvalue weighted by Crippen LogP contribution is -2.00. The van der Waals surface area contributed by atoms with Gasteiger partial charge in [0.2, 0.25) is 5.16 Å². The minimum absolute atomic E-state index is 0.368. The number of benzene rings is 2. The highest BCUT2D eigenvalue weighted by atomic mass is 35.5. The van der Waals surface area contributed by atoms with Crippen molar-refractivity contribution < 1.29 is 9.15 Å². The van der Waals surface area contributed by atoms with Gasteiger partial charge in [-0.05, 0) is 42.3 Å². The van der Waals surface area contributed by atoms with Crippen LogP contribution in [0.4, 0.5) is 0 Å². The molecule has 0 atom stereocenters. The predicted molar refractivity (Wildman–Crippen MR) is 110 cm³/mol. The van der Waals surface area contributed by atoms with Crippen LogP contribution >= 0.6 is 23.4 Å². The second kappa shape index (κ2) is 7.69. The molecular weight excluding hydrogens is 398 g/mol. The minimum Gasteiger partial charge on any atom is -0.496 e. The molecule has 4 rings (SSSR count). The molecule has 8 heteroatoms. The number of halogens is 1. The summed E-state index contributed by atoms with van der Waals surface area (Å²) >= 11 is 7.52. The number of aryl methyl sites for hydroxylation is 1. The van der Waals surface area contributed by atoms with Crippen LogP contribution in [0.25, 0.3) is 22.4 Å². The summed E-state index contributed by atoms with van der Waals surface area (Å²) < 4.78 is 10.7. The Bertz CT molecular complexity index is 1220. The molecule has 0 aliphatic heterocycles. The Labute approximate surface area is 169 Å². The SMILES string of the molecule is COc1ccc(Cl)cc1-c1nc(SCc2cc(=O)oc3cc(C)ccc23)n[nH]1. The van der Waals surface area contributed by atoms with Gasteiger partial charge in [-0.2, -0.15) is 0 Å². The van der Waals surface area contributed by atoms with E-state index in [-0.39, 0.29) is 5.63 Å². The van der Waals surface area contributed by atoms with Crippen molar-refractivity contribution in [2.45, 2.75) is 17.8 Å². The Kier molecular flexibility index (Phi) is 5.11. The average molecular weight is 414 g/mol. The molecule has 2 heterocycles. The van der Waals surface area contributed by atoms with E-state index in [0.29, 0.717) is 33.1 Å². The number of methoxy groups -OCH3 is 1. The molecule has 0 unspecified atom stereocenters. The molecular formula is C20H16ClN3O3S. The lowest BCUT2D eigenvalue weighted by Gasteiger charge is -2.05. The van der Waals surface area contributed by atoms with Crippen molar-refractivity contribution in [1.29, 1.82) is 0 Å². The molecule has 2 aromatic heterocycles. The van der Waals surface area contributed by atoms with Crippen LogP contribution in [0.3, 0.4) is 0 Å². The summed E-state index contributed by atoms with van der Waals surface area (Å²) in [6.45, 7) is 1.96. The van der Waals surface area contributed by atoms with E-state index in [1.54, 1.807) is 25.3 Å². The summed E-state index contributed by atoms with van der Waals surface area (Å²) in [5.74, 6) is 1.75. The molecule has 0 amide bonds. The maximum Gasteiger partial charge on any atom is 0.336 e. The second-order valence-corrected chi connectivity index (χ2v) is 7.57. The lowest BCUT2D eigenvalue weighted by atomic mass is 10.1. The van der Waals surface area contributed by atoms with Gasteiger partial charge in [-0.25, -0.2) is 9.78 Å². The first-order valence-electron chi connectivity index (χ1n) is 8.46. The van der Waals surface area contributed by atoms with E-state index in [2.05, 4.69) is 15.2 Å². The topological polar surface area (TPSA) is 81.0 Å². The van der Waals surface area contributed by atoms with Crippen LogP contribution in [0.1, 0.15) is 11.1 Å². The zero-order valence-electron chi connectivity index (χ0n) is 15.2.